The summed E-state index contributed by atoms with van der Waals surface area (Å²) >= 11 is 0. The minimum atomic E-state index is -0.593. The van der Waals surface area contributed by atoms with Gasteiger partial charge in [-0.1, -0.05) is 47.6 Å². The summed E-state index contributed by atoms with van der Waals surface area (Å²) in [4.78, 5) is 6.25. The molecule has 4 aromatic rings. The second-order valence-electron chi connectivity index (χ2n) is 7.06. The predicted octanol–water partition coefficient (Wildman–Crippen LogP) is 3.76. The number of ether oxygens (including phenoxy) is 1. The Bertz CT molecular complexity index is 1070. The van der Waals surface area contributed by atoms with Crippen molar-refractivity contribution in [3.05, 3.63) is 78.5 Å². The Morgan fingerprint density at radius 1 is 1.07 bits per heavy atom. The molecule has 2 heterocycles. The standard InChI is InChI=1S/C23H23N3O3/c1-26(14-17-7-3-2-4-8-17)15-19(27)16-28-20-10-5-9-18(13-20)22-21-11-6-12-24-23(21)29-25-22/h2-13,19,27H,14-16H2,1H3. The molecule has 148 valence electrons. The number of hydrogen-bond donors (Lipinski definition) is 1. The molecule has 0 saturated heterocycles. The van der Waals surface area contributed by atoms with Crippen molar-refractivity contribution in [3.63, 3.8) is 0 Å². The van der Waals surface area contributed by atoms with Gasteiger partial charge in [0.1, 0.15) is 24.2 Å². The second kappa shape index (κ2) is 8.86. The number of aliphatic hydroxyl groups excluding tert-OH is 1. The first-order valence-electron chi connectivity index (χ1n) is 9.53. The van der Waals surface area contributed by atoms with Gasteiger partial charge in [0.2, 0.25) is 0 Å². The van der Waals surface area contributed by atoms with E-state index in [1.54, 1.807) is 6.20 Å². The van der Waals surface area contributed by atoms with Gasteiger partial charge in [-0.3, -0.25) is 4.90 Å². The van der Waals surface area contributed by atoms with E-state index >= 15 is 0 Å². The number of aromatic nitrogens is 2. The molecule has 0 spiro atoms. The molecule has 0 bridgehead atoms. The average molecular weight is 389 g/mol. The van der Waals surface area contributed by atoms with Gasteiger partial charge in [0.25, 0.3) is 5.71 Å². The molecule has 0 amide bonds. The second-order valence-corrected chi connectivity index (χ2v) is 7.06. The number of rotatable bonds is 8. The fourth-order valence-electron chi connectivity index (χ4n) is 3.29. The summed E-state index contributed by atoms with van der Waals surface area (Å²) in [5, 5.41) is 15.3. The van der Waals surface area contributed by atoms with Gasteiger partial charge in [-0.15, -0.1) is 0 Å². The van der Waals surface area contributed by atoms with E-state index in [4.69, 9.17) is 9.26 Å². The molecular weight excluding hydrogens is 366 g/mol. The number of pyridine rings is 1. The molecule has 2 aromatic carbocycles. The number of hydrogen-bond acceptors (Lipinski definition) is 6. The van der Waals surface area contributed by atoms with Crippen molar-refractivity contribution < 1.29 is 14.4 Å². The predicted molar refractivity (Wildman–Crippen MR) is 112 cm³/mol. The SMILES string of the molecule is CN(Cc1ccccc1)CC(O)COc1cccc(-c2noc3ncccc23)c1. The van der Waals surface area contributed by atoms with Gasteiger partial charge < -0.3 is 14.4 Å². The highest BCUT2D eigenvalue weighted by Crippen LogP contribution is 2.29. The molecule has 29 heavy (non-hydrogen) atoms. The topological polar surface area (TPSA) is 71.6 Å². The number of aliphatic hydroxyl groups is 1. The third-order valence-corrected chi connectivity index (χ3v) is 4.62. The minimum Gasteiger partial charge on any atom is -0.491 e. The minimum absolute atomic E-state index is 0.212. The van der Waals surface area contributed by atoms with E-state index in [-0.39, 0.29) is 6.61 Å². The Balaban J connectivity index is 1.36. The molecule has 4 rings (SSSR count). The van der Waals surface area contributed by atoms with E-state index < -0.39 is 6.10 Å². The lowest BCUT2D eigenvalue weighted by Crippen LogP contribution is -2.32. The van der Waals surface area contributed by atoms with Gasteiger partial charge in [-0.05, 0) is 36.9 Å². The first kappa shape index (κ1) is 19.1. The van der Waals surface area contributed by atoms with Gasteiger partial charge in [0.15, 0.2) is 0 Å². The largest absolute Gasteiger partial charge is 0.491 e. The van der Waals surface area contributed by atoms with E-state index in [2.05, 4.69) is 27.2 Å². The number of fused-ring (bicyclic) bond motifs is 1. The van der Waals surface area contributed by atoms with Crippen LogP contribution in [0, 0.1) is 0 Å². The van der Waals surface area contributed by atoms with Crippen molar-refractivity contribution in [1.82, 2.24) is 15.0 Å². The number of benzene rings is 2. The molecule has 0 aliphatic rings. The van der Waals surface area contributed by atoms with Crippen LogP contribution in [0.15, 0.2) is 77.4 Å². The summed E-state index contributed by atoms with van der Waals surface area (Å²) < 4.78 is 11.1. The van der Waals surface area contributed by atoms with Crippen LogP contribution in [0.4, 0.5) is 0 Å². The zero-order chi connectivity index (χ0) is 20.1. The molecule has 0 aliphatic heterocycles. The molecule has 1 N–H and O–H groups in total. The Kier molecular flexibility index (Phi) is 5.84. The van der Waals surface area contributed by atoms with Gasteiger partial charge in [-0.25, -0.2) is 4.98 Å². The van der Waals surface area contributed by atoms with Gasteiger partial charge in [-0.2, -0.15) is 0 Å². The van der Waals surface area contributed by atoms with Crippen LogP contribution < -0.4 is 4.74 Å². The summed E-state index contributed by atoms with van der Waals surface area (Å²) in [5.74, 6) is 0.673. The Morgan fingerprint density at radius 2 is 1.93 bits per heavy atom. The van der Waals surface area contributed by atoms with Crippen LogP contribution in [0.2, 0.25) is 0 Å². The van der Waals surface area contributed by atoms with Crippen LogP contribution >= 0.6 is 0 Å². The lowest BCUT2D eigenvalue weighted by atomic mass is 10.1. The molecule has 6 heteroatoms. The maximum absolute atomic E-state index is 10.4. The number of likely N-dealkylation sites (N-methyl/N-ethyl adjacent to an activating group) is 1. The van der Waals surface area contributed by atoms with E-state index in [0.717, 1.165) is 23.2 Å². The third kappa shape index (κ3) is 4.80. The number of nitrogens with zero attached hydrogens (tertiary/aromatic N) is 3. The first-order valence-corrected chi connectivity index (χ1v) is 9.53. The van der Waals surface area contributed by atoms with Crippen LogP contribution in [-0.2, 0) is 6.54 Å². The lowest BCUT2D eigenvalue weighted by Gasteiger charge is -2.21. The van der Waals surface area contributed by atoms with Crippen LogP contribution in [0.3, 0.4) is 0 Å². The molecular formula is C23H23N3O3. The fourth-order valence-corrected chi connectivity index (χ4v) is 3.29. The van der Waals surface area contributed by atoms with Crippen LogP contribution in [0.1, 0.15) is 5.56 Å². The van der Waals surface area contributed by atoms with E-state index in [0.29, 0.717) is 18.0 Å². The Hall–Kier alpha value is -3.22. The highest BCUT2D eigenvalue weighted by molar-refractivity contribution is 5.89. The van der Waals surface area contributed by atoms with E-state index in [1.165, 1.54) is 5.56 Å². The van der Waals surface area contributed by atoms with E-state index in [1.807, 2.05) is 61.6 Å². The smallest absolute Gasteiger partial charge is 0.258 e. The molecule has 1 atom stereocenters. The fraction of sp³-hybridized carbons (Fsp3) is 0.217. The Labute approximate surface area is 169 Å². The Morgan fingerprint density at radius 3 is 2.79 bits per heavy atom. The first-order chi connectivity index (χ1) is 14.2. The van der Waals surface area contributed by atoms with Crippen molar-refractivity contribution in [1.29, 1.82) is 0 Å². The molecule has 1 unspecified atom stereocenters. The quantitative estimate of drug-likeness (QED) is 0.495. The monoisotopic (exact) mass is 389 g/mol. The van der Waals surface area contributed by atoms with Crippen LogP contribution in [-0.4, -0.2) is 46.5 Å². The van der Waals surface area contributed by atoms with Gasteiger partial charge in [0.05, 0.1) is 5.39 Å². The van der Waals surface area contributed by atoms with Crippen molar-refractivity contribution in [2.45, 2.75) is 12.6 Å². The van der Waals surface area contributed by atoms with Crippen LogP contribution in [0.25, 0.3) is 22.4 Å². The van der Waals surface area contributed by atoms with Crippen molar-refractivity contribution in [3.8, 4) is 17.0 Å². The van der Waals surface area contributed by atoms with Crippen LogP contribution in [0.5, 0.6) is 5.75 Å². The average Bonchev–Trinajstić information content (AvgIpc) is 3.17. The van der Waals surface area contributed by atoms with Crippen molar-refractivity contribution in [2.24, 2.45) is 0 Å². The molecule has 6 nitrogen and oxygen atoms in total. The van der Waals surface area contributed by atoms with Gasteiger partial charge in [0, 0.05) is 24.8 Å². The highest BCUT2D eigenvalue weighted by Gasteiger charge is 2.13. The summed E-state index contributed by atoms with van der Waals surface area (Å²) in [5.41, 5.74) is 3.32. The van der Waals surface area contributed by atoms with Crippen molar-refractivity contribution in [2.75, 3.05) is 20.2 Å². The lowest BCUT2D eigenvalue weighted by molar-refractivity contribution is 0.0744. The third-order valence-electron chi connectivity index (χ3n) is 4.62. The van der Waals surface area contributed by atoms with Gasteiger partial charge >= 0.3 is 0 Å². The zero-order valence-electron chi connectivity index (χ0n) is 16.2. The maximum Gasteiger partial charge on any atom is 0.258 e. The van der Waals surface area contributed by atoms with E-state index in [9.17, 15) is 5.11 Å². The molecule has 0 fully saturated rings. The molecule has 0 aliphatic carbocycles. The van der Waals surface area contributed by atoms with Crippen molar-refractivity contribution >= 4 is 11.1 Å². The highest BCUT2D eigenvalue weighted by atomic mass is 16.5. The summed E-state index contributed by atoms with van der Waals surface area (Å²) in [6.45, 7) is 1.51. The summed E-state index contributed by atoms with van der Waals surface area (Å²) in [6, 6.07) is 21.6. The molecule has 2 aromatic heterocycles. The summed E-state index contributed by atoms with van der Waals surface area (Å²) in [6.07, 6.45) is 1.08. The normalized spacial score (nSPS) is 12.4. The maximum atomic E-state index is 10.4. The molecule has 0 saturated carbocycles. The molecule has 0 radical (unpaired) electrons. The summed E-state index contributed by atoms with van der Waals surface area (Å²) in [7, 11) is 1.99. The zero-order valence-corrected chi connectivity index (χ0v) is 16.2.